The first kappa shape index (κ1) is 51.1. The van der Waals surface area contributed by atoms with Gasteiger partial charge in [0.1, 0.15) is 11.1 Å². The summed E-state index contributed by atoms with van der Waals surface area (Å²) in [6, 6.07) is 5.85. The summed E-state index contributed by atoms with van der Waals surface area (Å²) in [5.41, 5.74) is 0.0744. The van der Waals surface area contributed by atoms with Crippen molar-refractivity contribution in [3.8, 4) is 34.5 Å². The van der Waals surface area contributed by atoms with Crippen LogP contribution < -0.4 is 28.4 Å². The molecule has 0 unspecified atom stereocenters. The molecule has 2 aromatic rings. The van der Waals surface area contributed by atoms with E-state index in [0.29, 0.717) is 11.5 Å². The van der Waals surface area contributed by atoms with Crippen molar-refractivity contribution in [2.75, 3.05) is 42.7 Å². The quantitative estimate of drug-likeness (QED) is 0.0978. The molecular formula is C36H62O11Sn2. The van der Waals surface area contributed by atoms with Gasteiger partial charge in [-0.1, -0.05) is 0 Å². The first-order valence-electron chi connectivity index (χ1n) is 16.6. The average molecular weight is 908 g/mol. The Bertz CT molecular complexity index is 1030. The Kier molecular flexibility index (Phi) is 35.7. The van der Waals surface area contributed by atoms with Crippen molar-refractivity contribution in [3.05, 3.63) is 35.4 Å². The Labute approximate surface area is 315 Å². The van der Waals surface area contributed by atoms with E-state index in [2.05, 4.69) is 27.7 Å². The number of unbranched alkanes of at least 4 members (excludes halogenated alkanes) is 4. The number of carbonyl (C=O) groups is 2. The summed E-state index contributed by atoms with van der Waals surface area (Å²) < 4.78 is 36.6. The Morgan fingerprint density at radius 2 is 0.755 bits per heavy atom. The summed E-state index contributed by atoms with van der Waals surface area (Å²) in [5, 5.41) is 17.8. The van der Waals surface area contributed by atoms with Gasteiger partial charge in [0.25, 0.3) is 0 Å². The molecule has 280 valence electrons. The molecule has 0 aliphatic heterocycles. The Hall–Kier alpha value is -2.26. The fraction of sp³-hybridized carbons (Fsp3) is 0.611. The Morgan fingerprint density at radius 3 is 0.939 bits per heavy atom. The van der Waals surface area contributed by atoms with Gasteiger partial charge in [-0.2, -0.15) is 0 Å². The molecule has 13 heteroatoms. The number of ether oxygens (including phenoxy) is 6. The van der Waals surface area contributed by atoms with Crippen molar-refractivity contribution in [2.24, 2.45) is 0 Å². The van der Waals surface area contributed by atoms with Gasteiger partial charge in [0.2, 0.25) is 11.5 Å². The van der Waals surface area contributed by atoms with Crippen molar-refractivity contribution in [1.82, 2.24) is 0 Å². The first-order chi connectivity index (χ1) is 23.1. The van der Waals surface area contributed by atoms with Gasteiger partial charge in [-0.15, -0.1) is 0 Å². The predicted molar refractivity (Wildman–Crippen MR) is 200 cm³/mol. The molecule has 2 rings (SSSR count). The predicted octanol–water partition coefficient (Wildman–Crippen LogP) is 8.25. The van der Waals surface area contributed by atoms with Gasteiger partial charge in [-0.05, 0) is 24.3 Å². The van der Waals surface area contributed by atoms with E-state index in [1.807, 2.05) is 0 Å². The van der Waals surface area contributed by atoms with E-state index in [0.717, 1.165) is 0 Å². The summed E-state index contributed by atoms with van der Waals surface area (Å²) in [5.74, 6) is -0.423. The molecule has 49 heavy (non-hydrogen) atoms. The van der Waals surface area contributed by atoms with E-state index in [-0.39, 0.29) is 81.9 Å². The second-order valence-electron chi connectivity index (χ2n) is 10.3. The molecule has 0 fully saturated rings. The minimum Gasteiger partial charge on any atom is -0.493 e. The van der Waals surface area contributed by atoms with Gasteiger partial charge in [-0.25, -0.2) is 9.59 Å². The maximum Gasteiger partial charge on any atom is 0.339 e. The van der Waals surface area contributed by atoms with Crippen LogP contribution in [-0.2, 0) is 0 Å². The molecule has 4 N–H and O–H groups in total. The second-order valence-corrected chi connectivity index (χ2v) is 18.9. The molecule has 4 radical (unpaired) electrons. The minimum absolute atomic E-state index is 0. The smallest absolute Gasteiger partial charge is 0.339 e. The number of benzene rings is 2. The van der Waals surface area contributed by atoms with Crippen LogP contribution in [0.25, 0.3) is 0 Å². The molecule has 2 aromatic carbocycles. The van der Waals surface area contributed by atoms with Gasteiger partial charge in [0.05, 0.1) is 42.7 Å². The van der Waals surface area contributed by atoms with Crippen LogP contribution in [-0.4, -0.2) is 113 Å². The molecule has 0 aliphatic rings. The van der Waals surface area contributed by atoms with Gasteiger partial charge < -0.3 is 44.1 Å². The second kappa shape index (κ2) is 34.2. The maximum atomic E-state index is 10.9. The third-order valence-corrected chi connectivity index (χ3v) is 14.8. The molecule has 11 nitrogen and oxygen atoms in total. The number of hydrogen-bond acceptors (Lipinski definition) is 8. The standard InChI is InChI=1S/2C10H12O5.4C4H9.H2O.2Sn/c2*1-13-7-5-4-6(10(11)12)8(14-2)9(7)15-3;4*1-3-4-2;;;/h2*4-5H,1-3H3,(H,11,12);4*1,3-4H2,2H3;1H2;;. The molecule has 0 saturated carbocycles. The van der Waals surface area contributed by atoms with Crippen LogP contribution in [0, 0.1) is 0 Å². The summed E-state index contributed by atoms with van der Waals surface area (Å²) in [4.78, 5) is 21.7. The number of carboxylic acids is 2. The number of carboxylic acid groups (broad SMARTS) is 2. The molecule has 0 saturated heterocycles. The molecule has 0 aliphatic carbocycles. The van der Waals surface area contributed by atoms with E-state index in [9.17, 15) is 9.59 Å². The van der Waals surface area contributed by atoms with Crippen molar-refractivity contribution >= 4 is 54.2 Å². The Morgan fingerprint density at radius 1 is 0.490 bits per heavy atom. The summed E-state index contributed by atoms with van der Waals surface area (Å²) in [6.45, 7) is 9.16. The van der Waals surface area contributed by atoms with Crippen molar-refractivity contribution < 1.29 is 53.7 Å². The summed E-state index contributed by atoms with van der Waals surface area (Å²) in [7, 11) is 8.54. The molecule has 0 heterocycles. The zero-order valence-corrected chi connectivity index (χ0v) is 37.2. The van der Waals surface area contributed by atoms with Crippen molar-refractivity contribution in [3.63, 3.8) is 0 Å². The van der Waals surface area contributed by atoms with E-state index >= 15 is 0 Å². The first-order valence-corrected chi connectivity index (χ1v) is 24.7. The monoisotopic (exact) mass is 910 g/mol. The zero-order valence-electron chi connectivity index (χ0n) is 31.5. The van der Waals surface area contributed by atoms with Gasteiger partial charge in [0.15, 0.2) is 23.0 Å². The molecular weight excluding hydrogens is 846 g/mol. The van der Waals surface area contributed by atoms with E-state index in [1.54, 1.807) is 17.7 Å². The topological polar surface area (TPSA) is 161 Å². The normalized spacial score (nSPS) is 9.51. The van der Waals surface area contributed by atoms with Gasteiger partial charge >= 0.3 is 151 Å². The molecule has 0 aromatic heterocycles. The van der Waals surface area contributed by atoms with E-state index < -0.39 is 11.9 Å². The SMILES string of the molecule is CCC[CH2][Sn][CH2]CCC.CCC[CH2][Sn][CH2]CCC.COc1ccc(C(=O)O)c(OC)c1OC.COc1ccc(C(=O)O)c(OC)c1OC.O. The van der Waals surface area contributed by atoms with E-state index in [4.69, 9.17) is 38.6 Å². The number of rotatable bonds is 20. The van der Waals surface area contributed by atoms with Crippen LogP contribution in [0.15, 0.2) is 24.3 Å². The summed E-state index contributed by atoms with van der Waals surface area (Å²) >= 11 is 0.299. The molecule has 0 atom stereocenters. The van der Waals surface area contributed by atoms with Crippen molar-refractivity contribution in [1.29, 1.82) is 0 Å². The zero-order chi connectivity index (χ0) is 36.7. The fourth-order valence-corrected chi connectivity index (χ4v) is 12.3. The molecule has 0 bridgehead atoms. The Balaban J connectivity index is -0.000000590. The van der Waals surface area contributed by atoms with Gasteiger partial charge in [-0.3, -0.25) is 0 Å². The largest absolute Gasteiger partial charge is 0.493 e. The van der Waals surface area contributed by atoms with Crippen LogP contribution in [0.3, 0.4) is 0 Å². The minimum atomic E-state index is -1.08. The third kappa shape index (κ3) is 21.5. The van der Waals surface area contributed by atoms with Crippen LogP contribution in [0.4, 0.5) is 0 Å². The van der Waals surface area contributed by atoms with Crippen LogP contribution in [0.2, 0.25) is 17.7 Å². The van der Waals surface area contributed by atoms with Crippen LogP contribution in [0.5, 0.6) is 34.5 Å². The fourth-order valence-electron chi connectivity index (χ4n) is 4.00. The van der Waals surface area contributed by atoms with E-state index in [1.165, 1.54) is 118 Å². The summed E-state index contributed by atoms with van der Waals surface area (Å²) in [6.07, 6.45) is 11.7. The van der Waals surface area contributed by atoms with Gasteiger partial charge in [0, 0.05) is 0 Å². The molecule has 0 spiro atoms. The number of hydrogen-bond donors (Lipinski definition) is 2. The number of aromatic carboxylic acids is 2. The van der Waals surface area contributed by atoms with Crippen LogP contribution in [0.1, 0.15) is 99.8 Å². The van der Waals surface area contributed by atoms with Crippen molar-refractivity contribution in [2.45, 2.75) is 96.8 Å². The van der Waals surface area contributed by atoms with Crippen LogP contribution >= 0.6 is 0 Å². The molecule has 0 amide bonds. The third-order valence-electron chi connectivity index (χ3n) is 6.70. The average Bonchev–Trinajstić information content (AvgIpc) is 3.10. The maximum absolute atomic E-state index is 10.9. The number of methoxy groups -OCH3 is 6.